The molecule has 124 valence electrons. The molecular weight excluding hydrogens is 347 g/mol. The van der Waals surface area contributed by atoms with E-state index >= 15 is 0 Å². The number of halogens is 2. The fourth-order valence-electron chi connectivity index (χ4n) is 3.05. The molecule has 0 amide bonds. The predicted molar refractivity (Wildman–Crippen MR) is 93.0 cm³/mol. The van der Waals surface area contributed by atoms with Crippen LogP contribution in [0.2, 0.25) is 10.0 Å². The number of fused-ring (bicyclic) bond motifs is 1. The highest BCUT2D eigenvalue weighted by Gasteiger charge is 2.37. The summed E-state index contributed by atoms with van der Waals surface area (Å²) in [5.74, 6) is 0.0863. The van der Waals surface area contributed by atoms with Gasteiger partial charge in [0.15, 0.2) is 0 Å². The Labute approximate surface area is 150 Å². The van der Waals surface area contributed by atoms with E-state index in [9.17, 15) is 5.26 Å². The average Bonchev–Trinajstić information content (AvgIpc) is 2.83. The van der Waals surface area contributed by atoms with Gasteiger partial charge in [-0.05, 0) is 18.6 Å². The number of nitrogens with two attached hydrogens (primary N) is 1. The molecular formula is C17H16Cl2N4O. The Morgan fingerprint density at radius 3 is 2.58 bits per heavy atom. The molecule has 0 saturated carbocycles. The van der Waals surface area contributed by atoms with Gasteiger partial charge in [0.1, 0.15) is 11.6 Å². The lowest BCUT2D eigenvalue weighted by molar-refractivity contribution is 0.358. The van der Waals surface area contributed by atoms with E-state index in [1.165, 1.54) is 0 Å². The lowest BCUT2D eigenvalue weighted by atomic mass is 9.83. The summed E-state index contributed by atoms with van der Waals surface area (Å²) in [6.45, 7) is 2.07. The zero-order valence-corrected chi connectivity index (χ0v) is 14.8. The van der Waals surface area contributed by atoms with E-state index in [4.69, 9.17) is 33.7 Å². The number of nitrogens with zero attached hydrogens (tertiary/aromatic N) is 3. The number of nitriles is 1. The molecule has 2 N–H and O–H groups in total. The van der Waals surface area contributed by atoms with Gasteiger partial charge in [-0.3, -0.25) is 0 Å². The number of hydrogen-bond donors (Lipinski definition) is 1. The van der Waals surface area contributed by atoms with Crippen molar-refractivity contribution in [3.8, 4) is 11.9 Å². The van der Waals surface area contributed by atoms with Crippen LogP contribution in [-0.4, -0.2) is 9.78 Å². The molecule has 0 saturated heterocycles. The molecule has 1 aromatic heterocycles. The quantitative estimate of drug-likeness (QED) is 0.897. The van der Waals surface area contributed by atoms with Crippen LogP contribution in [0, 0.1) is 11.3 Å². The van der Waals surface area contributed by atoms with Crippen molar-refractivity contribution in [2.24, 2.45) is 12.8 Å². The third kappa shape index (κ3) is 2.52. The Kier molecular flexibility index (Phi) is 4.44. The Morgan fingerprint density at radius 1 is 1.33 bits per heavy atom. The monoisotopic (exact) mass is 362 g/mol. The van der Waals surface area contributed by atoms with Crippen LogP contribution < -0.4 is 10.5 Å². The number of benzene rings is 1. The third-order valence-electron chi connectivity index (χ3n) is 4.05. The summed E-state index contributed by atoms with van der Waals surface area (Å²) < 4.78 is 7.31. The van der Waals surface area contributed by atoms with Crippen LogP contribution in [0.25, 0.3) is 0 Å². The van der Waals surface area contributed by atoms with E-state index in [-0.39, 0.29) is 5.88 Å². The van der Waals surface area contributed by atoms with E-state index in [1.807, 2.05) is 0 Å². The smallest absolute Gasteiger partial charge is 0.224 e. The highest BCUT2D eigenvalue weighted by atomic mass is 35.5. The van der Waals surface area contributed by atoms with Gasteiger partial charge in [-0.2, -0.15) is 10.4 Å². The van der Waals surface area contributed by atoms with Gasteiger partial charge in [0.05, 0.1) is 17.2 Å². The Bertz CT molecular complexity index is 859. The predicted octanol–water partition coefficient (Wildman–Crippen LogP) is 3.90. The molecule has 1 aliphatic heterocycles. The SMILES string of the molecule is CCCc1nn(C)c2c1[C@@H](c1c(Cl)cccc1Cl)C(C#N)=C(N)O2. The second kappa shape index (κ2) is 6.39. The first-order chi connectivity index (χ1) is 11.5. The standard InChI is InChI=1S/C17H16Cl2N4O/c1-3-5-12-15-13(14-10(18)6-4-7-11(14)19)9(8-20)16(21)24-17(15)23(2)22-12/h4,6-7,13H,3,5,21H2,1-2H3/t13-/m1/s1. The van der Waals surface area contributed by atoms with Crippen LogP contribution >= 0.6 is 23.2 Å². The van der Waals surface area contributed by atoms with Crippen molar-refractivity contribution >= 4 is 23.2 Å². The highest BCUT2D eigenvalue weighted by Crippen LogP contribution is 2.47. The summed E-state index contributed by atoms with van der Waals surface area (Å²) in [7, 11) is 1.79. The molecule has 0 bridgehead atoms. The fraction of sp³-hybridized carbons (Fsp3) is 0.294. The molecule has 1 atom stereocenters. The molecule has 24 heavy (non-hydrogen) atoms. The van der Waals surface area contributed by atoms with Crippen molar-refractivity contribution in [3.05, 3.63) is 56.5 Å². The minimum Gasteiger partial charge on any atom is -0.422 e. The summed E-state index contributed by atoms with van der Waals surface area (Å²) in [6.07, 6.45) is 1.66. The lowest BCUT2D eigenvalue weighted by Crippen LogP contribution is -2.22. The lowest BCUT2D eigenvalue weighted by Gasteiger charge is -2.26. The van der Waals surface area contributed by atoms with E-state index in [1.54, 1.807) is 29.9 Å². The third-order valence-corrected chi connectivity index (χ3v) is 4.71. The average molecular weight is 363 g/mol. The van der Waals surface area contributed by atoms with Crippen molar-refractivity contribution in [2.45, 2.75) is 25.7 Å². The minimum absolute atomic E-state index is 0.0528. The first-order valence-electron chi connectivity index (χ1n) is 7.56. The number of rotatable bonds is 3. The molecule has 7 heteroatoms. The van der Waals surface area contributed by atoms with Gasteiger partial charge < -0.3 is 10.5 Å². The van der Waals surface area contributed by atoms with Crippen LogP contribution in [0.3, 0.4) is 0 Å². The zero-order chi connectivity index (χ0) is 17.4. The molecule has 2 aromatic rings. The van der Waals surface area contributed by atoms with Gasteiger partial charge in [0, 0.05) is 22.7 Å². The van der Waals surface area contributed by atoms with E-state index in [0.717, 1.165) is 24.1 Å². The molecule has 0 radical (unpaired) electrons. The van der Waals surface area contributed by atoms with E-state index in [0.29, 0.717) is 27.1 Å². The largest absolute Gasteiger partial charge is 0.422 e. The molecule has 1 aromatic carbocycles. The highest BCUT2D eigenvalue weighted by molar-refractivity contribution is 6.36. The van der Waals surface area contributed by atoms with Gasteiger partial charge >= 0.3 is 0 Å². The van der Waals surface area contributed by atoms with Crippen molar-refractivity contribution in [1.82, 2.24) is 9.78 Å². The fourth-order valence-corrected chi connectivity index (χ4v) is 3.67. The molecule has 0 unspecified atom stereocenters. The molecule has 2 heterocycles. The molecule has 0 spiro atoms. The van der Waals surface area contributed by atoms with Crippen LogP contribution in [0.15, 0.2) is 29.7 Å². The van der Waals surface area contributed by atoms with Gasteiger partial charge in [-0.15, -0.1) is 0 Å². The van der Waals surface area contributed by atoms with Crippen molar-refractivity contribution in [2.75, 3.05) is 0 Å². The maximum Gasteiger partial charge on any atom is 0.224 e. The van der Waals surface area contributed by atoms with Crippen molar-refractivity contribution in [3.63, 3.8) is 0 Å². The summed E-state index contributed by atoms with van der Waals surface area (Å²) in [4.78, 5) is 0. The summed E-state index contributed by atoms with van der Waals surface area (Å²) >= 11 is 12.8. The van der Waals surface area contributed by atoms with Crippen LogP contribution in [-0.2, 0) is 13.5 Å². The first kappa shape index (κ1) is 16.7. The summed E-state index contributed by atoms with van der Waals surface area (Å²) in [5.41, 5.74) is 8.60. The maximum absolute atomic E-state index is 9.65. The maximum atomic E-state index is 9.65. The van der Waals surface area contributed by atoms with Crippen molar-refractivity contribution < 1.29 is 4.74 Å². The molecule has 0 fully saturated rings. The van der Waals surface area contributed by atoms with Gasteiger partial charge in [-0.25, -0.2) is 4.68 Å². The number of hydrogen-bond acceptors (Lipinski definition) is 4. The number of ether oxygens (including phenoxy) is 1. The van der Waals surface area contributed by atoms with Gasteiger partial charge in [0.2, 0.25) is 11.8 Å². The van der Waals surface area contributed by atoms with E-state index < -0.39 is 5.92 Å². The second-order valence-electron chi connectivity index (χ2n) is 5.60. The number of aromatic nitrogens is 2. The van der Waals surface area contributed by atoms with Crippen molar-refractivity contribution in [1.29, 1.82) is 5.26 Å². The zero-order valence-electron chi connectivity index (χ0n) is 13.3. The Balaban J connectivity index is 2.33. The molecule has 0 aliphatic carbocycles. The number of aryl methyl sites for hydroxylation is 2. The second-order valence-corrected chi connectivity index (χ2v) is 6.41. The summed E-state index contributed by atoms with van der Waals surface area (Å²) in [6, 6.07) is 7.42. The molecule has 3 rings (SSSR count). The summed E-state index contributed by atoms with van der Waals surface area (Å²) in [5, 5.41) is 15.1. The van der Waals surface area contributed by atoms with Gasteiger partial charge in [-0.1, -0.05) is 42.6 Å². The minimum atomic E-state index is -0.491. The van der Waals surface area contributed by atoms with Crippen LogP contribution in [0.1, 0.15) is 36.1 Å². The van der Waals surface area contributed by atoms with Crippen LogP contribution in [0.5, 0.6) is 5.88 Å². The normalized spacial score (nSPS) is 16.5. The molecule has 1 aliphatic rings. The first-order valence-corrected chi connectivity index (χ1v) is 8.32. The van der Waals surface area contributed by atoms with Crippen LogP contribution in [0.4, 0.5) is 0 Å². The topological polar surface area (TPSA) is 76.9 Å². The Hall–Kier alpha value is -2.16. The Morgan fingerprint density at radius 2 is 2.00 bits per heavy atom. The van der Waals surface area contributed by atoms with E-state index in [2.05, 4.69) is 18.1 Å². The molecule has 5 nitrogen and oxygen atoms in total. The van der Waals surface area contributed by atoms with Gasteiger partial charge in [0.25, 0.3) is 0 Å². The number of allylic oxidation sites excluding steroid dienone is 1.